The SMILES string of the molecule is CCOc1ccc(C(C)(C)c2ccc(OC(=O)CC)c(C)c2)cc1C. The maximum atomic E-state index is 11.5. The van der Waals surface area contributed by atoms with Gasteiger partial charge < -0.3 is 9.47 Å². The average Bonchev–Trinajstić information content (AvgIpc) is 2.58. The zero-order valence-corrected chi connectivity index (χ0v) is 16.1. The molecule has 0 aliphatic carbocycles. The quantitative estimate of drug-likeness (QED) is 0.526. The summed E-state index contributed by atoms with van der Waals surface area (Å²) in [6.45, 7) is 12.9. The van der Waals surface area contributed by atoms with Gasteiger partial charge in [-0.3, -0.25) is 4.79 Å². The molecular weight excluding hydrogens is 312 g/mol. The van der Waals surface area contributed by atoms with E-state index in [0.717, 1.165) is 16.9 Å². The van der Waals surface area contributed by atoms with E-state index < -0.39 is 0 Å². The minimum atomic E-state index is -0.211. The highest BCUT2D eigenvalue weighted by Gasteiger charge is 2.24. The van der Waals surface area contributed by atoms with Crippen molar-refractivity contribution in [1.82, 2.24) is 0 Å². The van der Waals surface area contributed by atoms with Gasteiger partial charge in [-0.2, -0.15) is 0 Å². The van der Waals surface area contributed by atoms with Crippen molar-refractivity contribution < 1.29 is 14.3 Å². The molecule has 3 heteroatoms. The van der Waals surface area contributed by atoms with Crippen LogP contribution in [0.15, 0.2) is 36.4 Å². The smallest absolute Gasteiger partial charge is 0.310 e. The summed E-state index contributed by atoms with van der Waals surface area (Å²) in [6, 6.07) is 12.4. The number of aryl methyl sites for hydroxylation is 2. The summed E-state index contributed by atoms with van der Waals surface area (Å²) in [5, 5.41) is 0. The van der Waals surface area contributed by atoms with Gasteiger partial charge in [0.1, 0.15) is 11.5 Å². The Bertz CT molecular complexity index is 760. The highest BCUT2D eigenvalue weighted by atomic mass is 16.5. The summed E-state index contributed by atoms with van der Waals surface area (Å²) in [6.07, 6.45) is 0.373. The maximum Gasteiger partial charge on any atom is 0.310 e. The molecule has 0 radical (unpaired) electrons. The van der Waals surface area contributed by atoms with Gasteiger partial charge >= 0.3 is 5.97 Å². The Morgan fingerprint density at radius 1 is 0.920 bits per heavy atom. The van der Waals surface area contributed by atoms with E-state index in [0.29, 0.717) is 18.8 Å². The first kappa shape index (κ1) is 19.0. The highest BCUT2D eigenvalue weighted by Crippen LogP contribution is 2.35. The molecule has 0 aliphatic heterocycles. The fourth-order valence-electron chi connectivity index (χ4n) is 2.87. The van der Waals surface area contributed by atoms with E-state index in [4.69, 9.17) is 9.47 Å². The molecule has 0 unspecified atom stereocenters. The van der Waals surface area contributed by atoms with Gasteiger partial charge in [0.05, 0.1) is 6.61 Å². The van der Waals surface area contributed by atoms with Gasteiger partial charge in [-0.05, 0) is 55.2 Å². The lowest BCUT2D eigenvalue weighted by molar-refractivity contribution is -0.134. The van der Waals surface area contributed by atoms with Crippen molar-refractivity contribution in [2.24, 2.45) is 0 Å². The molecule has 134 valence electrons. The minimum Gasteiger partial charge on any atom is -0.494 e. The second-order valence-corrected chi connectivity index (χ2v) is 6.85. The number of esters is 1. The lowest BCUT2D eigenvalue weighted by Gasteiger charge is -2.27. The second kappa shape index (κ2) is 7.73. The third-order valence-electron chi connectivity index (χ3n) is 4.61. The van der Waals surface area contributed by atoms with Crippen molar-refractivity contribution in [2.45, 2.75) is 53.4 Å². The molecule has 25 heavy (non-hydrogen) atoms. The van der Waals surface area contributed by atoms with E-state index in [1.807, 2.05) is 32.0 Å². The summed E-state index contributed by atoms with van der Waals surface area (Å²) in [7, 11) is 0. The van der Waals surface area contributed by atoms with Crippen molar-refractivity contribution in [2.75, 3.05) is 6.61 Å². The van der Waals surface area contributed by atoms with Crippen LogP contribution >= 0.6 is 0 Å². The molecule has 0 atom stereocenters. The molecule has 0 fully saturated rings. The van der Waals surface area contributed by atoms with Crippen LogP contribution in [-0.4, -0.2) is 12.6 Å². The van der Waals surface area contributed by atoms with E-state index in [1.165, 1.54) is 11.1 Å². The molecule has 2 aromatic rings. The Morgan fingerprint density at radius 3 is 1.88 bits per heavy atom. The lowest BCUT2D eigenvalue weighted by Crippen LogP contribution is -2.19. The van der Waals surface area contributed by atoms with Crippen molar-refractivity contribution in [3.63, 3.8) is 0 Å². The first-order valence-corrected chi connectivity index (χ1v) is 8.85. The van der Waals surface area contributed by atoms with Crippen LogP contribution in [-0.2, 0) is 10.2 Å². The molecule has 0 aromatic heterocycles. The third kappa shape index (κ3) is 4.22. The zero-order chi connectivity index (χ0) is 18.6. The van der Waals surface area contributed by atoms with E-state index in [9.17, 15) is 4.79 Å². The van der Waals surface area contributed by atoms with Crippen LogP contribution < -0.4 is 9.47 Å². The number of carbonyl (C=O) groups excluding carboxylic acids is 1. The normalized spacial score (nSPS) is 11.3. The maximum absolute atomic E-state index is 11.5. The monoisotopic (exact) mass is 340 g/mol. The first-order chi connectivity index (χ1) is 11.8. The van der Waals surface area contributed by atoms with Crippen molar-refractivity contribution in [3.8, 4) is 11.5 Å². The van der Waals surface area contributed by atoms with E-state index >= 15 is 0 Å². The molecule has 0 aliphatic rings. The largest absolute Gasteiger partial charge is 0.494 e. The number of ether oxygens (including phenoxy) is 2. The molecule has 0 saturated heterocycles. The number of benzene rings is 2. The Balaban J connectivity index is 2.34. The third-order valence-corrected chi connectivity index (χ3v) is 4.61. The predicted molar refractivity (Wildman–Crippen MR) is 102 cm³/mol. The van der Waals surface area contributed by atoms with E-state index in [1.54, 1.807) is 6.92 Å². The molecule has 0 saturated carbocycles. The standard InChI is InChI=1S/C22H28O3/c1-7-21(23)25-20-12-10-18(14-16(20)4)22(5,6)17-9-11-19(24-8-2)15(3)13-17/h9-14H,7-8H2,1-6H3. The fraction of sp³-hybridized carbons (Fsp3) is 0.409. The van der Waals surface area contributed by atoms with Crippen LogP contribution in [0.25, 0.3) is 0 Å². The Morgan fingerprint density at radius 2 is 1.44 bits per heavy atom. The van der Waals surface area contributed by atoms with Crippen LogP contribution in [0, 0.1) is 13.8 Å². The molecule has 0 spiro atoms. The Labute approximate surface area is 151 Å². The lowest BCUT2D eigenvalue weighted by atomic mass is 9.77. The van der Waals surface area contributed by atoms with E-state index in [-0.39, 0.29) is 11.4 Å². The number of rotatable bonds is 6. The highest BCUT2D eigenvalue weighted by molar-refractivity contribution is 5.72. The number of carbonyl (C=O) groups is 1. The summed E-state index contributed by atoms with van der Waals surface area (Å²) in [5.41, 5.74) is 4.36. The molecular formula is C22H28O3. The van der Waals surface area contributed by atoms with Crippen LogP contribution in [0.2, 0.25) is 0 Å². The molecule has 2 aromatic carbocycles. The molecule has 0 bridgehead atoms. The zero-order valence-electron chi connectivity index (χ0n) is 16.1. The summed E-state index contributed by atoms with van der Waals surface area (Å²) < 4.78 is 11.0. The number of hydrogen-bond acceptors (Lipinski definition) is 3. The van der Waals surface area contributed by atoms with Crippen LogP contribution in [0.1, 0.15) is 56.4 Å². The van der Waals surface area contributed by atoms with Gasteiger partial charge in [0.15, 0.2) is 0 Å². The Kier molecular flexibility index (Phi) is 5.89. The Hall–Kier alpha value is -2.29. The van der Waals surface area contributed by atoms with Gasteiger partial charge in [-0.25, -0.2) is 0 Å². The summed E-state index contributed by atoms with van der Waals surface area (Å²) in [5.74, 6) is 1.35. The average molecular weight is 340 g/mol. The number of hydrogen-bond donors (Lipinski definition) is 0. The molecule has 0 amide bonds. The van der Waals surface area contributed by atoms with E-state index in [2.05, 4.69) is 39.0 Å². The molecule has 0 N–H and O–H groups in total. The van der Waals surface area contributed by atoms with Gasteiger partial charge in [0, 0.05) is 11.8 Å². The van der Waals surface area contributed by atoms with Crippen molar-refractivity contribution >= 4 is 5.97 Å². The second-order valence-electron chi connectivity index (χ2n) is 6.85. The topological polar surface area (TPSA) is 35.5 Å². The molecule has 3 nitrogen and oxygen atoms in total. The molecule has 2 rings (SSSR count). The predicted octanol–water partition coefficient (Wildman–Crippen LogP) is 5.34. The summed E-state index contributed by atoms with van der Waals surface area (Å²) >= 11 is 0. The van der Waals surface area contributed by atoms with Crippen LogP contribution in [0.5, 0.6) is 11.5 Å². The van der Waals surface area contributed by atoms with Gasteiger partial charge in [-0.1, -0.05) is 45.0 Å². The fourth-order valence-corrected chi connectivity index (χ4v) is 2.87. The van der Waals surface area contributed by atoms with Crippen LogP contribution in [0.4, 0.5) is 0 Å². The van der Waals surface area contributed by atoms with Crippen molar-refractivity contribution in [1.29, 1.82) is 0 Å². The van der Waals surface area contributed by atoms with Gasteiger partial charge in [-0.15, -0.1) is 0 Å². The van der Waals surface area contributed by atoms with Gasteiger partial charge in [0.25, 0.3) is 0 Å². The van der Waals surface area contributed by atoms with Gasteiger partial charge in [0.2, 0.25) is 0 Å². The molecule has 0 heterocycles. The first-order valence-electron chi connectivity index (χ1n) is 8.85. The summed E-state index contributed by atoms with van der Waals surface area (Å²) in [4.78, 5) is 11.5. The minimum absolute atomic E-state index is 0.159. The van der Waals surface area contributed by atoms with Crippen molar-refractivity contribution in [3.05, 3.63) is 58.7 Å². The van der Waals surface area contributed by atoms with Crippen LogP contribution in [0.3, 0.4) is 0 Å².